The number of carbonyl (C=O) groups is 1. The minimum atomic E-state index is -0.128. The number of halogens is 1. The molecule has 0 saturated heterocycles. The molecule has 0 aliphatic carbocycles. The van der Waals surface area contributed by atoms with Gasteiger partial charge in [0.1, 0.15) is 6.54 Å². The first-order valence-electron chi connectivity index (χ1n) is 9.94. The largest absolute Gasteiger partial charge is 0.359 e. The molecule has 8 heteroatoms. The molecule has 1 aromatic carbocycles. The molecule has 0 bridgehead atoms. The van der Waals surface area contributed by atoms with Gasteiger partial charge >= 0.3 is 0 Å². The molecule has 29 heavy (non-hydrogen) atoms. The summed E-state index contributed by atoms with van der Waals surface area (Å²) in [5.41, 5.74) is 2.05. The number of benzene rings is 1. The van der Waals surface area contributed by atoms with Gasteiger partial charge in [-0.3, -0.25) is 4.79 Å². The molecule has 3 N–H and O–H groups in total. The van der Waals surface area contributed by atoms with Gasteiger partial charge in [-0.25, -0.2) is 4.99 Å². The van der Waals surface area contributed by atoms with Gasteiger partial charge in [-0.05, 0) is 25.3 Å². The SMILES string of the molecule is CCNC(=NCC(=O)NCc1ccccc1)NCc1cc(C(CC)CC)no1.I. The van der Waals surface area contributed by atoms with E-state index in [1.807, 2.05) is 43.3 Å². The molecule has 0 aliphatic heterocycles. The monoisotopic (exact) mass is 513 g/mol. The quantitative estimate of drug-likeness (QED) is 0.257. The molecule has 1 aromatic heterocycles. The van der Waals surface area contributed by atoms with Crippen molar-refractivity contribution in [2.45, 2.75) is 52.6 Å². The van der Waals surface area contributed by atoms with Crippen LogP contribution < -0.4 is 16.0 Å². The second-order valence-electron chi connectivity index (χ2n) is 6.54. The summed E-state index contributed by atoms with van der Waals surface area (Å²) in [4.78, 5) is 16.4. The lowest BCUT2D eigenvalue weighted by Gasteiger charge is -2.10. The number of nitrogens with one attached hydrogen (secondary N) is 3. The average Bonchev–Trinajstić information content (AvgIpc) is 3.19. The van der Waals surface area contributed by atoms with Crippen molar-refractivity contribution in [3.8, 4) is 0 Å². The molecule has 0 atom stereocenters. The van der Waals surface area contributed by atoms with Gasteiger partial charge < -0.3 is 20.5 Å². The van der Waals surface area contributed by atoms with E-state index in [1.165, 1.54) is 0 Å². The van der Waals surface area contributed by atoms with Gasteiger partial charge in [0, 0.05) is 25.1 Å². The minimum absolute atomic E-state index is 0. The molecule has 1 heterocycles. The predicted octanol–water partition coefficient (Wildman–Crippen LogP) is 3.57. The zero-order valence-corrected chi connectivity index (χ0v) is 19.7. The van der Waals surface area contributed by atoms with Crippen LogP contribution in [0.4, 0.5) is 0 Å². The normalized spacial score (nSPS) is 11.1. The first kappa shape index (κ1) is 24.9. The average molecular weight is 513 g/mol. The van der Waals surface area contributed by atoms with Crippen molar-refractivity contribution < 1.29 is 9.32 Å². The van der Waals surface area contributed by atoms with Crippen LogP contribution in [-0.4, -0.2) is 30.1 Å². The van der Waals surface area contributed by atoms with Gasteiger partial charge in [0.2, 0.25) is 5.91 Å². The predicted molar refractivity (Wildman–Crippen MR) is 126 cm³/mol. The fraction of sp³-hybridized carbons (Fsp3) is 0.476. The summed E-state index contributed by atoms with van der Waals surface area (Å²) in [6.45, 7) is 8.00. The van der Waals surface area contributed by atoms with Crippen LogP contribution in [0.1, 0.15) is 56.5 Å². The fourth-order valence-corrected chi connectivity index (χ4v) is 2.83. The van der Waals surface area contributed by atoms with Gasteiger partial charge in [-0.2, -0.15) is 0 Å². The van der Waals surface area contributed by atoms with Crippen molar-refractivity contribution in [3.63, 3.8) is 0 Å². The number of rotatable bonds is 10. The summed E-state index contributed by atoms with van der Waals surface area (Å²) < 4.78 is 5.42. The van der Waals surface area contributed by atoms with Crippen molar-refractivity contribution in [1.82, 2.24) is 21.1 Å². The Morgan fingerprint density at radius 1 is 1.07 bits per heavy atom. The summed E-state index contributed by atoms with van der Waals surface area (Å²) in [7, 11) is 0. The van der Waals surface area contributed by atoms with E-state index in [-0.39, 0.29) is 36.4 Å². The third-order valence-electron chi connectivity index (χ3n) is 4.47. The van der Waals surface area contributed by atoms with Crippen LogP contribution in [0.15, 0.2) is 45.9 Å². The number of guanidine groups is 1. The van der Waals surface area contributed by atoms with E-state index in [2.05, 4.69) is 39.9 Å². The fourth-order valence-electron chi connectivity index (χ4n) is 2.83. The van der Waals surface area contributed by atoms with Gasteiger partial charge in [0.15, 0.2) is 11.7 Å². The minimum Gasteiger partial charge on any atom is -0.359 e. The molecule has 0 fully saturated rings. The molecule has 2 aromatic rings. The maximum Gasteiger partial charge on any atom is 0.242 e. The van der Waals surface area contributed by atoms with Crippen molar-refractivity contribution in [1.29, 1.82) is 0 Å². The Morgan fingerprint density at radius 3 is 2.45 bits per heavy atom. The Bertz CT molecular complexity index is 745. The summed E-state index contributed by atoms with van der Waals surface area (Å²) in [6, 6.07) is 11.8. The molecule has 1 amide bonds. The maximum atomic E-state index is 12.0. The molecule has 2 rings (SSSR count). The lowest BCUT2D eigenvalue weighted by Crippen LogP contribution is -2.38. The summed E-state index contributed by atoms with van der Waals surface area (Å²) in [6.07, 6.45) is 2.08. The highest BCUT2D eigenvalue weighted by Gasteiger charge is 2.13. The molecule has 0 saturated carbocycles. The smallest absolute Gasteiger partial charge is 0.242 e. The number of aromatic nitrogens is 1. The molecule has 0 unspecified atom stereocenters. The molecular weight excluding hydrogens is 481 g/mol. The van der Waals surface area contributed by atoms with Crippen LogP contribution in [0.5, 0.6) is 0 Å². The summed E-state index contributed by atoms with van der Waals surface area (Å²) in [5.74, 6) is 1.61. The molecule has 0 radical (unpaired) electrons. The van der Waals surface area contributed by atoms with Crippen molar-refractivity contribution >= 4 is 35.8 Å². The van der Waals surface area contributed by atoms with Crippen molar-refractivity contribution in [2.75, 3.05) is 13.1 Å². The highest BCUT2D eigenvalue weighted by atomic mass is 127. The number of amides is 1. The molecule has 7 nitrogen and oxygen atoms in total. The highest BCUT2D eigenvalue weighted by Crippen LogP contribution is 2.22. The first-order chi connectivity index (χ1) is 13.7. The zero-order valence-electron chi connectivity index (χ0n) is 17.4. The van der Waals surface area contributed by atoms with Crippen LogP contribution in [0.25, 0.3) is 0 Å². The van der Waals surface area contributed by atoms with E-state index in [4.69, 9.17) is 4.52 Å². The second-order valence-corrected chi connectivity index (χ2v) is 6.54. The number of hydrogen-bond acceptors (Lipinski definition) is 4. The van der Waals surface area contributed by atoms with Crippen LogP contribution in [0.3, 0.4) is 0 Å². The first-order valence-corrected chi connectivity index (χ1v) is 9.94. The summed E-state index contributed by atoms with van der Waals surface area (Å²) in [5, 5.41) is 13.3. The van der Waals surface area contributed by atoms with E-state index in [1.54, 1.807) is 0 Å². The number of nitrogens with zero attached hydrogens (tertiary/aromatic N) is 2. The lowest BCUT2D eigenvalue weighted by atomic mass is 9.99. The standard InChI is InChI=1S/C21H31N5O2.HI/c1-4-17(5-2)19-12-18(28-26-19)14-24-21(22-6-3)25-15-20(27)23-13-16-10-8-7-9-11-16;/h7-12,17H,4-6,13-15H2,1-3H3,(H,23,27)(H2,22,24,25);1H. The Kier molecular flexibility index (Phi) is 12.0. The Labute approximate surface area is 190 Å². The van der Waals surface area contributed by atoms with E-state index >= 15 is 0 Å². The van der Waals surface area contributed by atoms with Crippen LogP contribution in [0, 0.1) is 0 Å². The maximum absolute atomic E-state index is 12.0. The Balaban J connectivity index is 0.00000420. The number of aliphatic imine (C=N–C) groups is 1. The Hall–Kier alpha value is -2.10. The third kappa shape index (κ3) is 8.84. The van der Waals surface area contributed by atoms with Gasteiger partial charge in [-0.1, -0.05) is 49.3 Å². The second kappa shape index (κ2) is 14.0. The lowest BCUT2D eigenvalue weighted by molar-refractivity contribution is -0.119. The van der Waals surface area contributed by atoms with Crippen LogP contribution in [-0.2, 0) is 17.9 Å². The topological polar surface area (TPSA) is 91.5 Å². The molecule has 0 spiro atoms. The van der Waals surface area contributed by atoms with Crippen LogP contribution in [0.2, 0.25) is 0 Å². The van der Waals surface area contributed by atoms with Crippen LogP contribution >= 0.6 is 24.0 Å². The Morgan fingerprint density at radius 2 is 1.79 bits per heavy atom. The van der Waals surface area contributed by atoms with Gasteiger partial charge in [0.25, 0.3) is 0 Å². The van der Waals surface area contributed by atoms with E-state index in [0.717, 1.165) is 29.9 Å². The van der Waals surface area contributed by atoms with Crippen molar-refractivity contribution in [3.05, 3.63) is 53.4 Å². The third-order valence-corrected chi connectivity index (χ3v) is 4.47. The number of hydrogen-bond donors (Lipinski definition) is 3. The van der Waals surface area contributed by atoms with Gasteiger partial charge in [-0.15, -0.1) is 24.0 Å². The zero-order chi connectivity index (χ0) is 20.2. The molecule has 160 valence electrons. The number of carbonyl (C=O) groups excluding carboxylic acids is 1. The molecule has 0 aliphatic rings. The summed E-state index contributed by atoms with van der Waals surface area (Å²) >= 11 is 0. The van der Waals surface area contributed by atoms with E-state index in [0.29, 0.717) is 31.5 Å². The molecular formula is C21H32IN5O2. The van der Waals surface area contributed by atoms with Crippen molar-refractivity contribution in [2.24, 2.45) is 4.99 Å². The van der Waals surface area contributed by atoms with E-state index < -0.39 is 0 Å². The van der Waals surface area contributed by atoms with Gasteiger partial charge in [0.05, 0.1) is 12.2 Å². The van der Waals surface area contributed by atoms with E-state index in [9.17, 15) is 4.79 Å². The highest BCUT2D eigenvalue weighted by molar-refractivity contribution is 14.0.